The van der Waals surface area contributed by atoms with E-state index in [0.717, 1.165) is 10.9 Å². The number of para-hydroxylation sites is 1. The molecule has 146 valence electrons. The number of nitrogens with one attached hydrogen (secondary N) is 2. The molecule has 0 fully saturated rings. The van der Waals surface area contributed by atoms with E-state index >= 15 is 0 Å². The van der Waals surface area contributed by atoms with Gasteiger partial charge in [-0.2, -0.15) is 0 Å². The Kier molecular flexibility index (Phi) is 4.95. The number of nitrogens with zero attached hydrogens (tertiary/aromatic N) is 1. The van der Waals surface area contributed by atoms with Gasteiger partial charge in [-0.05, 0) is 43.2 Å². The van der Waals surface area contributed by atoms with Crippen molar-refractivity contribution in [1.29, 1.82) is 0 Å². The second kappa shape index (κ2) is 7.71. The summed E-state index contributed by atoms with van der Waals surface area (Å²) in [5.41, 5.74) is 1.87. The molecule has 2 N–H and O–H groups in total. The molecule has 0 spiro atoms. The molecule has 0 unspecified atom stereocenters. The van der Waals surface area contributed by atoms with Crippen LogP contribution in [0, 0.1) is 6.92 Å². The Morgan fingerprint density at radius 3 is 2.79 bits per heavy atom. The first kappa shape index (κ1) is 18.6. The maximum Gasteiger partial charge on any atom is 0.336 e. The molecule has 4 aromatic rings. The molecule has 0 bridgehead atoms. The topological polar surface area (TPSA) is 105 Å². The van der Waals surface area contributed by atoms with Gasteiger partial charge in [-0.3, -0.25) is 9.59 Å². The van der Waals surface area contributed by atoms with Crippen LogP contribution >= 0.6 is 0 Å². The molecule has 7 heteroatoms. The Labute approximate surface area is 165 Å². The zero-order valence-electron chi connectivity index (χ0n) is 15.8. The molecule has 0 aliphatic heterocycles. The highest BCUT2D eigenvalue weighted by Gasteiger charge is 2.08. The van der Waals surface area contributed by atoms with Gasteiger partial charge in [0.2, 0.25) is 5.91 Å². The maximum atomic E-state index is 12.3. The molecule has 2 heterocycles. The number of aromatic nitrogens is 2. The SMILES string of the molecule is Cc1cc(=O)oc2cc(NC(=O)CCCc3nc4ccccc4c(=O)[nH]3)ccc12. The first-order valence-electron chi connectivity index (χ1n) is 9.32. The number of H-pyrrole nitrogens is 1. The third kappa shape index (κ3) is 4.08. The van der Waals surface area contributed by atoms with E-state index < -0.39 is 5.63 Å². The summed E-state index contributed by atoms with van der Waals surface area (Å²) in [7, 11) is 0. The number of amides is 1. The Morgan fingerprint density at radius 1 is 1.10 bits per heavy atom. The number of aryl methyl sites for hydroxylation is 2. The van der Waals surface area contributed by atoms with Crippen molar-refractivity contribution in [2.24, 2.45) is 0 Å². The minimum Gasteiger partial charge on any atom is -0.423 e. The van der Waals surface area contributed by atoms with Crippen LogP contribution in [0.25, 0.3) is 21.9 Å². The summed E-state index contributed by atoms with van der Waals surface area (Å²) >= 11 is 0. The number of aromatic amines is 1. The van der Waals surface area contributed by atoms with Crippen LogP contribution in [0.15, 0.2) is 62.5 Å². The lowest BCUT2D eigenvalue weighted by atomic mass is 10.1. The first-order chi connectivity index (χ1) is 14.0. The van der Waals surface area contributed by atoms with Gasteiger partial charge in [0.1, 0.15) is 11.4 Å². The zero-order chi connectivity index (χ0) is 20.4. The molecule has 0 aliphatic carbocycles. The molecule has 1 amide bonds. The van der Waals surface area contributed by atoms with E-state index in [1.807, 2.05) is 19.1 Å². The van der Waals surface area contributed by atoms with Gasteiger partial charge in [0.05, 0.1) is 10.9 Å². The number of carbonyl (C=O) groups excluding carboxylic acids is 1. The van der Waals surface area contributed by atoms with Crippen LogP contribution in [0.3, 0.4) is 0 Å². The van der Waals surface area contributed by atoms with Crippen molar-refractivity contribution in [3.63, 3.8) is 0 Å². The molecule has 0 radical (unpaired) electrons. The molecule has 2 aromatic carbocycles. The summed E-state index contributed by atoms with van der Waals surface area (Å²) in [6.07, 6.45) is 1.29. The number of hydrogen-bond acceptors (Lipinski definition) is 5. The Balaban J connectivity index is 1.40. The van der Waals surface area contributed by atoms with E-state index in [4.69, 9.17) is 4.42 Å². The molecule has 0 saturated carbocycles. The fourth-order valence-corrected chi connectivity index (χ4v) is 3.30. The highest BCUT2D eigenvalue weighted by Crippen LogP contribution is 2.21. The predicted molar refractivity (Wildman–Crippen MR) is 111 cm³/mol. The summed E-state index contributed by atoms with van der Waals surface area (Å²) in [4.78, 5) is 43.1. The van der Waals surface area contributed by atoms with Crippen molar-refractivity contribution in [3.05, 3.63) is 80.7 Å². The van der Waals surface area contributed by atoms with Gasteiger partial charge < -0.3 is 14.7 Å². The van der Waals surface area contributed by atoms with Crippen molar-refractivity contribution >= 4 is 33.5 Å². The molecule has 4 rings (SSSR count). The van der Waals surface area contributed by atoms with Crippen LogP contribution in [-0.4, -0.2) is 15.9 Å². The fourth-order valence-electron chi connectivity index (χ4n) is 3.30. The van der Waals surface area contributed by atoms with Crippen molar-refractivity contribution in [1.82, 2.24) is 9.97 Å². The van der Waals surface area contributed by atoms with Crippen LogP contribution < -0.4 is 16.5 Å². The average molecular weight is 389 g/mol. The van der Waals surface area contributed by atoms with Gasteiger partial charge in [0.15, 0.2) is 0 Å². The van der Waals surface area contributed by atoms with Gasteiger partial charge in [0, 0.05) is 36.0 Å². The molecular formula is C22H19N3O4. The number of anilines is 1. The highest BCUT2D eigenvalue weighted by atomic mass is 16.4. The molecule has 2 aromatic heterocycles. The van der Waals surface area contributed by atoms with Crippen molar-refractivity contribution in [2.45, 2.75) is 26.2 Å². The third-order valence-electron chi connectivity index (χ3n) is 4.71. The number of rotatable bonds is 5. The lowest BCUT2D eigenvalue weighted by Crippen LogP contribution is -2.14. The van der Waals surface area contributed by atoms with Crippen molar-refractivity contribution < 1.29 is 9.21 Å². The van der Waals surface area contributed by atoms with Crippen LogP contribution in [0.1, 0.15) is 24.2 Å². The fraction of sp³-hybridized carbons (Fsp3) is 0.182. The van der Waals surface area contributed by atoms with Gasteiger partial charge >= 0.3 is 5.63 Å². The second-order valence-electron chi connectivity index (χ2n) is 6.89. The number of hydrogen-bond donors (Lipinski definition) is 2. The Hall–Kier alpha value is -3.74. The first-order valence-corrected chi connectivity index (χ1v) is 9.32. The normalized spacial score (nSPS) is 11.1. The molecule has 29 heavy (non-hydrogen) atoms. The molecule has 7 nitrogen and oxygen atoms in total. The van der Waals surface area contributed by atoms with E-state index in [9.17, 15) is 14.4 Å². The Morgan fingerprint density at radius 2 is 1.93 bits per heavy atom. The molecule has 0 saturated heterocycles. The molecule has 0 atom stereocenters. The van der Waals surface area contributed by atoms with E-state index in [2.05, 4.69) is 15.3 Å². The Bertz CT molecular complexity index is 1340. The third-order valence-corrected chi connectivity index (χ3v) is 4.71. The van der Waals surface area contributed by atoms with Crippen molar-refractivity contribution in [2.75, 3.05) is 5.32 Å². The standard InChI is InChI=1S/C22H19N3O4/c1-13-11-21(27)29-18-12-14(9-10-15(13)18)23-20(26)8-4-7-19-24-17-6-3-2-5-16(17)22(28)25-19/h2-3,5-6,9-12H,4,7-8H2,1H3,(H,23,26)(H,24,25,28). The summed E-state index contributed by atoms with van der Waals surface area (Å²) in [6, 6.07) is 13.8. The van der Waals surface area contributed by atoms with Gasteiger partial charge in [-0.15, -0.1) is 0 Å². The summed E-state index contributed by atoms with van der Waals surface area (Å²) in [5.74, 6) is 0.395. The minimum absolute atomic E-state index is 0.164. The summed E-state index contributed by atoms with van der Waals surface area (Å²) in [5, 5.41) is 4.18. The van der Waals surface area contributed by atoms with E-state index in [-0.39, 0.29) is 17.9 Å². The maximum absolute atomic E-state index is 12.3. The number of benzene rings is 2. The number of carbonyl (C=O) groups is 1. The quantitative estimate of drug-likeness (QED) is 0.510. The summed E-state index contributed by atoms with van der Waals surface area (Å²) in [6.45, 7) is 1.84. The smallest absolute Gasteiger partial charge is 0.336 e. The van der Waals surface area contributed by atoms with E-state index in [1.165, 1.54) is 6.07 Å². The van der Waals surface area contributed by atoms with Crippen LogP contribution in [-0.2, 0) is 11.2 Å². The second-order valence-corrected chi connectivity index (χ2v) is 6.89. The van der Waals surface area contributed by atoms with E-state index in [0.29, 0.717) is 40.8 Å². The van der Waals surface area contributed by atoms with Gasteiger partial charge in [-0.25, -0.2) is 9.78 Å². The number of fused-ring (bicyclic) bond motifs is 2. The van der Waals surface area contributed by atoms with Crippen LogP contribution in [0.4, 0.5) is 5.69 Å². The van der Waals surface area contributed by atoms with Crippen LogP contribution in [0.5, 0.6) is 0 Å². The van der Waals surface area contributed by atoms with E-state index in [1.54, 1.807) is 30.3 Å². The highest BCUT2D eigenvalue weighted by molar-refractivity contribution is 5.93. The average Bonchev–Trinajstić information content (AvgIpc) is 2.67. The predicted octanol–water partition coefficient (Wildman–Crippen LogP) is 3.30. The monoisotopic (exact) mass is 389 g/mol. The van der Waals surface area contributed by atoms with Gasteiger partial charge in [0.25, 0.3) is 5.56 Å². The molecule has 0 aliphatic rings. The minimum atomic E-state index is -0.421. The lowest BCUT2D eigenvalue weighted by molar-refractivity contribution is -0.116. The molecular weight excluding hydrogens is 370 g/mol. The zero-order valence-corrected chi connectivity index (χ0v) is 15.8. The van der Waals surface area contributed by atoms with Gasteiger partial charge in [-0.1, -0.05) is 12.1 Å². The largest absolute Gasteiger partial charge is 0.423 e. The van der Waals surface area contributed by atoms with Crippen molar-refractivity contribution in [3.8, 4) is 0 Å². The van der Waals surface area contributed by atoms with Crippen LogP contribution in [0.2, 0.25) is 0 Å². The summed E-state index contributed by atoms with van der Waals surface area (Å²) < 4.78 is 5.20. The lowest BCUT2D eigenvalue weighted by Gasteiger charge is -2.07.